The topological polar surface area (TPSA) is 55.5 Å². The molecule has 1 aliphatic rings. The average molecular weight is 173 g/mol. The second-order valence-corrected chi connectivity index (χ2v) is 3.58. The Labute approximate surface area is 73.9 Å². The number of rotatable bonds is 2. The van der Waals surface area contributed by atoms with Crippen molar-refractivity contribution in [1.82, 2.24) is 0 Å². The fraction of sp³-hybridized carbons (Fsp3) is 1.00. The third kappa shape index (κ3) is 2.19. The van der Waals surface area contributed by atoms with Crippen molar-refractivity contribution in [2.24, 2.45) is 5.73 Å². The van der Waals surface area contributed by atoms with Gasteiger partial charge in [-0.15, -0.1) is 0 Å². The SMILES string of the molecule is CCC(N)C1(O)CCCOCC1. The van der Waals surface area contributed by atoms with Gasteiger partial charge in [0.1, 0.15) is 0 Å². The van der Waals surface area contributed by atoms with Crippen molar-refractivity contribution in [2.45, 2.75) is 44.2 Å². The molecule has 12 heavy (non-hydrogen) atoms. The van der Waals surface area contributed by atoms with Gasteiger partial charge in [-0.25, -0.2) is 0 Å². The summed E-state index contributed by atoms with van der Waals surface area (Å²) in [5.41, 5.74) is 5.17. The molecular formula is C9H19NO2. The van der Waals surface area contributed by atoms with Crippen LogP contribution in [-0.2, 0) is 4.74 Å². The van der Waals surface area contributed by atoms with Crippen LogP contribution >= 0.6 is 0 Å². The largest absolute Gasteiger partial charge is 0.388 e. The maximum atomic E-state index is 10.1. The molecule has 1 saturated heterocycles. The molecule has 3 nitrogen and oxygen atoms in total. The number of hydrogen-bond donors (Lipinski definition) is 2. The third-order valence-electron chi connectivity index (χ3n) is 2.71. The van der Waals surface area contributed by atoms with Crippen molar-refractivity contribution in [3.63, 3.8) is 0 Å². The molecule has 0 aliphatic carbocycles. The molecule has 0 spiro atoms. The number of hydrogen-bond acceptors (Lipinski definition) is 3. The van der Waals surface area contributed by atoms with Gasteiger partial charge in [-0.1, -0.05) is 6.92 Å². The van der Waals surface area contributed by atoms with E-state index in [4.69, 9.17) is 10.5 Å². The minimum absolute atomic E-state index is 0.0980. The van der Waals surface area contributed by atoms with E-state index in [1.54, 1.807) is 0 Å². The van der Waals surface area contributed by atoms with E-state index in [-0.39, 0.29) is 6.04 Å². The van der Waals surface area contributed by atoms with Gasteiger partial charge in [0.2, 0.25) is 0 Å². The zero-order chi connectivity index (χ0) is 9.03. The van der Waals surface area contributed by atoms with Gasteiger partial charge in [0, 0.05) is 25.7 Å². The Morgan fingerprint density at radius 2 is 2.25 bits per heavy atom. The minimum atomic E-state index is -0.675. The highest BCUT2D eigenvalue weighted by molar-refractivity contribution is 4.89. The minimum Gasteiger partial charge on any atom is -0.388 e. The molecule has 72 valence electrons. The summed E-state index contributed by atoms with van der Waals surface area (Å²) in [5, 5.41) is 10.1. The number of aliphatic hydroxyl groups is 1. The lowest BCUT2D eigenvalue weighted by Gasteiger charge is -2.31. The summed E-state index contributed by atoms with van der Waals surface area (Å²) in [5.74, 6) is 0. The van der Waals surface area contributed by atoms with Gasteiger partial charge >= 0.3 is 0 Å². The van der Waals surface area contributed by atoms with E-state index >= 15 is 0 Å². The lowest BCUT2D eigenvalue weighted by Crippen LogP contribution is -2.47. The fourth-order valence-electron chi connectivity index (χ4n) is 1.71. The van der Waals surface area contributed by atoms with Crippen molar-refractivity contribution in [2.75, 3.05) is 13.2 Å². The Kier molecular flexibility index (Phi) is 3.50. The normalized spacial score (nSPS) is 34.2. The Morgan fingerprint density at radius 3 is 2.92 bits per heavy atom. The van der Waals surface area contributed by atoms with Gasteiger partial charge in [-0.2, -0.15) is 0 Å². The molecule has 0 aromatic carbocycles. The summed E-state index contributed by atoms with van der Waals surface area (Å²) in [6.45, 7) is 3.41. The van der Waals surface area contributed by atoms with Crippen LogP contribution in [0.15, 0.2) is 0 Å². The third-order valence-corrected chi connectivity index (χ3v) is 2.71. The molecule has 0 amide bonds. The van der Waals surface area contributed by atoms with Gasteiger partial charge < -0.3 is 15.6 Å². The first-order valence-corrected chi connectivity index (χ1v) is 4.75. The number of nitrogens with two attached hydrogens (primary N) is 1. The highest BCUT2D eigenvalue weighted by atomic mass is 16.5. The Balaban J connectivity index is 2.53. The highest BCUT2D eigenvalue weighted by Gasteiger charge is 2.33. The lowest BCUT2D eigenvalue weighted by atomic mass is 9.86. The van der Waals surface area contributed by atoms with Crippen LogP contribution in [0.5, 0.6) is 0 Å². The van der Waals surface area contributed by atoms with E-state index < -0.39 is 5.60 Å². The van der Waals surface area contributed by atoms with Crippen LogP contribution in [0.4, 0.5) is 0 Å². The van der Waals surface area contributed by atoms with Gasteiger partial charge in [0.15, 0.2) is 0 Å². The van der Waals surface area contributed by atoms with Crippen molar-refractivity contribution >= 4 is 0 Å². The van der Waals surface area contributed by atoms with E-state index in [2.05, 4.69) is 0 Å². The zero-order valence-corrected chi connectivity index (χ0v) is 7.75. The smallest absolute Gasteiger partial charge is 0.0820 e. The molecule has 2 atom stereocenters. The van der Waals surface area contributed by atoms with E-state index in [0.717, 1.165) is 25.9 Å². The molecule has 2 unspecified atom stereocenters. The zero-order valence-electron chi connectivity index (χ0n) is 7.75. The molecule has 0 saturated carbocycles. The number of ether oxygens (including phenoxy) is 1. The Hall–Kier alpha value is -0.120. The highest BCUT2D eigenvalue weighted by Crippen LogP contribution is 2.25. The molecule has 1 fully saturated rings. The van der Waals surface area contributed by atoms with Gasteiger partial charge in [-0.05, 0) is 19.3 Å². The van der Waals surface area contributed by atoms with E-state index in [1.165, 1.54) is 0 Å². The summed E-state index contributed by atoms with van der Waals surface area (Å²) >= 11 is 0. The van der Waals surface area contributed by atoms with E-state index in [0.29, 0.717) is 13.0 Å². The van der Waals surface area contributed by atoms with Crippen molar-refractivity contribution < 1.29 is 9.84 Å². The average Bonchev–Trinajstić information content (AvgIpc) is 2.29. The van der Waals surface area contributed by atoms with Crippen LogP contribution in [0.3, 0.4) is 0 Å². The first-order chi connectivity index (χ1) is 5.69. The summed E-state index contributed by atoms with van der Waals surface area (Å²) in [4.78, 5) is 0. The summed E-state index contributed by atoms with van der Waals surface area (Å²) in [6, 6.07) is -0.0980. The van der Waals surface area contributed by atoms with Crippen LogP contribution in [0, 0.1) is 0 Å². The van der Waals surface area contributed by atoms with Gasteiger partial charge in [0.05, 0.1) is 5.60 Å². The maximum Gasteiger partial charge on any atom is 0.0820 e. The molecule has 0 aromatic heterocycles. The van der Waals surface area contributed by atoms with Crippen LogP contribution in [0.25, 0.3) is 0 Å². The summed E-state index contributed by atoms with van der Waals surface area (Å²) < 4.78 is 5.27. The first-order valence-electron chi connectivity index (χ1n) is 4.75. The molecule has 3 N–H and O–H groups in total. The second kappa shape index (κ2) is 4.21. The molecule has 1 rings (SSSR count). The predicted octanol–water partition coefficient (Wildman–Crippen LogP) is 0.655. The van der Waals surface area contributed by atoms with Crippen LogP contribution in [0.2, 0.25) is 0 Å². The maximum absolute atomic E-state index is 10.1. The summed E-state index contributed by atoms with van der Waals surface area (Å²) in [6.07, 6.45) is 3.21. The van der Waals surface area contributed by atoms with Gasteiger partial charge in [0.25, 0.3) is 0 Å². The molecule has 1 heterocycles. The Morgan fingerprint density at radius 1 is 1.50 bits per heavy atom. The molecule has 0 aromatic rings. The fourth-order valence-corrected chi connectivity index (χ4v) is 1.71. The molecular weight excluding hydrogens is 154 g/mol. The molecule has 1 aliphatic heterocycles. The standard InChI is InChI=1S/C9H19NO2/c1-2-8(10)9(11)4-3-6-12-7-5-9/h8,11H,2-7,10H2,1H3. The molecule has 3 heteroatoms. The van der Waals surface area contributed by atoms with Gasteiger partial charge in [-0.3, -0.25) is 0 Å². The van der Waals surface area contributed by atoms with Crippen LogP contribution < -0.4 is 5.73 Å². The van der Waals surface area contributed by atoms with E-state index in [9.17, 15) is 5.11 Å². The second-order valence-electron chi connectivity index (χ2n) is 3.58. The Bertz CT molecular complexity index is 130. The molecule has 0 radical (unpaired) electrons. The first kappa shape index (κ1) is 9.96. The monoisotopic (exact) mass is 173 g/mol. The lowest BCUT2D eigenvalue weighted by molar-refractivity contribution is -0.00600. The van der Waals surface area contributed by atoms with E-state index in [1.807, 2.05) is 6.92 Å². The van der Waals surface area contributed by atoms with Crippen LogP contribution in [0.1, 0.15) is 32.6 Å². The molecule has 0 bridgehead atoms. The van der Waals surface area contributed by atoms with Crippen LogP contribution in [-0.4, -0.2) is 30.0 Å². The predicted molar refractivity (Wildman–Crippen MR) is 47.9 cm³/mol. The quantitative estimate of drug-likeness (QED) is 0.645. The summed E-state index contributed by atoms with van der Waals surface area (Å²) in [7, 11) is 0. The van der Waals surface area contributed by atoms with Crippen molar-refractivity contribution in [3.05, 3.63) is 0 Å². The van der Waals surface area contributed by atoms with Crippen molar-refractivity contribution in [3.8, 4) is 0 Å². The van der Waals surface area contributed by atoms with Crippen molar-refractivity contribution in [1.29, 1.82) is 0 Å².